The Kier molecular flexibility index (Phi) is 8.51. The highest BCUT2D eigenvalue weighted by Crippen LogP contribution is 2.36. The van der Waals surface area contributed by atoms with E-state index in [-0.39, 0.29) is 4.34 Å². The summed E-state index contributed by atoms with van der Waals surface area (Å²) < 4.78 is 29.4. The van der Waals surface area contributed by atoms with Gasteiger partial charge in [0.1, 0.15) is 0 Å². The van der Waals surface area contributed by atoms with Crippen LogP contribution in [0.3, 0.4) is 0 Å². The van der Waals surface area contributed by atoms with E-state index in [2.05, 4.69) is 18.8 Å². The summed E-state index contributed by atoms with van der Waals surface area (Å²) in [6.45, 7) is 9.63. The van der Waals surface area contributed by atoms with Crippen molar-refractivity contribution < 1.29 is 8.42 Å². The molecule has 2 heterocycles. The number of thiazole rings is 1. The lowest BCUT2D eigenvalue weighted by atomic mass is 10.2. The molecule has 0 fully saturated rings. The number of hydrogen-bond acceptors (Lipinski definition) is 5. The Labute approximate surface area is 166 Å². The second kappa shape index (κ2) is 10.2. The van der Waals surface area contributed by atoms with E-state index in [4.69, 9.17) is 0 Å². The lowest BCUT2D eigenvalue weighted by Crippen LogP contribution is -2.33. The van der Waals surface area contributed by atoms with Crippen LogP contribution in [-0.2, 0) is 10.0 Å². The number of rotatable bonds is 12. The molecule has 0 unspecified atom stereocenters. The third kappa shape index (κ3) is 5.27. The van der Waals surface area contributed by atoms with Gasteiger partial charge in [0, 0.05) is 22.8 Å². The second-order valence-corrected chi connectivity index (χ2v) is 11.4. The number of thiophene rings is 1. The third-order valence-corrected chi connectivity index (χ3v) is 9.22. The molecule has 2 aromatic rings. The van der Waals surface area contributed by atoms with Crippen molar-refractivity contribution >= 4 is 42.9 Å². The molecule has 0 aliphatic rings. The fourth-order valence-corrected chi connectivity index (χ4v) is 7.22. The maximum absolute atomic E-state index is 13.2. The Morgan fingerprint density at radius 2 is 1.42 bits per heavy atom. The fraction of sp³-hybridized carbons (Fsp3) is 0.737. The summed E-state index contributed by atoms with van der Waals surface area (Å²) in [6, 6.07) is 0. The molecule has 0 aliphatic carbocycles. The van der Waals surface area contributed by atoms with Crippen LogP contribution in [-0.4, -0.2) is 30.8 Å². The highest BCUT2D eigenvalue weighted by Gasteiger charge is 2.28. The molecule has 0 aliphatic heterocycles. The number of sulfonamides is 1. The minimum Gasteiger partial charge on any atom is -0.223 e. The number of nitrogens with zero attached hydrogens (tertiary/aromatic N) is 2. The van der Waals surface area contributed by atoms with Crippen molar-refractivity contribution in [2.24, 2.45) is 0 Å². The molecule has 148 valence electrons. The van der Waals surface area contributed by atoms with E-state index >= 15 is 0 Å². The fourth-order valence-electron chi connectivity index (χ4n) is 3.10. The largest absolute Gasteiger partial charge is 0.270 e. The molecule has 0 saturated heterocycles. The van der Waals surface area contributed by atoms with Gasteiger partial charge in [0.15, 0.2) is 0 Å². The van der Waals surface area contributed by atoms with Gasteiger partial charge in [-0.1, -0.05) is 52.4 Å². The zero-order chi connectivity index (χ0) is 19.2. The second-order valence-electron chi connectivity index (χ2n) is 6.90. The Hall–Kier alpha value is -0.500. The third-order valence-electron chi connectivity index (χ3n) is 4.65. The van der Waals surface area contributed by atoms with Gasteiger partial charge >= 0.3 is 0 Å². The lowest BCUT2D eigenvalue weighted by Gasteiger charge is -2.20. The first-order valence-electron chi connectivity index (χ1n) is 9.78. The van der Waals surface area contributed by atoms with Gasteiger partial charge in [0.2, 0.25) is 4.34 Å². The molecule has 0 bridgehead atoms. The van der Waals surface area contributed by atoms with Crippen LogP contribution in [0.1, 0.15) is 75.0 Å². The average molecular weight is 417 g/mol. The van der Waals surface area contributed by atoms with Crippen LogP contribution >= 0.6 is 22.7 Å². The van der Waals surface area contributed by atoms with Crippen molar-refractivity contribution in [2.75, 3.05) is 13.1 Å². The number of aryl methyl sites for hydroxylation is 2. The van der Waals surface area contributed by atoms with E-state index in [1.54, 1.807) is 15.6 Å². The molecular weight excluding hydrogens is 384 g/mol. The van der Waals surface area contributed by atoms with Crippen molar-refractivity contribution in [3.8, 4) is 0 Å². The van der Waals surface area contributed by atoms with Gasteiger partial charge in [-0.3, -0.25) is 0 Å². The molecule has 0 aromatic carbocycles. The van der Waals surface area contributed by atoms with Gasteiger partial charge in [-0.15, -0.1) is 22.7 Å². The van der Waals surface area contributed by atoms with Gasteiger partial charge < -0.3 is 0 Å². The van der Waals surface area contributed by atoms with Crippen LogP contribution in [0.2, 0.25) is 0 Å². The molecule has 4 nitrogen and oxygen atoms in total. The predicted molar refractivity (Wildman–Crippen MR) is 114 cm³/mol. The first-order chi connectivity index (χ1) is 12.4. The van der Waals surface area contributed by atoms with Crippen molar-refractivity contribution in [1.82, 2.24) is 9.29 Å². The van der Waals surface area contributed by atoms with Gasteiger partial charge in [-0.05, 0) is 26.7 Å². The summed E-state index contributed by atoms with van der Waals surface area (Å²) in [5.74, 6) is 0. The Bertz CT molecular complexity index is 747. The summed E-state index contributed by atoms with van der Waals surface area (Å²) >= 11 is 3.03. The van der Waals surface area contributed by atoms with E-state index < -0.39 is 10.0 Å². The number of aromatic nitrogens is 1. The molecule has 0 saturated carbocycles. The molecule has 2 aromatic heterocycles. The topological polar surface area (TPSA) is 50.3 Å². The molecule has 0 amide bonds. The van der Waals surface area contributed by atoms with E-state index in [0.717, 1.165) is 71.3 Å². The van der Waals surface area contributed by atoms with Crippen LogP contribution in [0.4, 0.5) is 0 Å². The summed E-state index contributed by atoms with van der Waals surface area (Å²) in [5.41, 5.74) is 0.869. The van der Waals surface area contributed by atoms with Gasteiger partial charge in [-0.25, -0.2) is 13.4 Å². The van der Waals surface area contributed by atoms with Gasteiger partial charge in [-0.2, -0.15) is 4.31 Å². The van der Waals surface area contributed by atoms with Crippen molar-refractivity contribution in [2.45, 2.75) is 83.4 Å². The molecule has 26 heavy (non-hydrogen) atoms. The number of hydrogen-bond donors (Lipinski definition) is 0. The monoisotopic (exact) mass is 416 g/mol. The predicted octanol–water partition coefficient (Wildman–Crippen LogP) is 6.13. The molecular formula is C19H32N2O2S3. The zero-order valence-corrected chi connectivity index (χ0v) is 19.0. The molecule has 7 heteroatoms. The van der Waals surface area contributed by atoms with Gasteiger partial charge in [0.25, 0.3) is 10.0 Å². The van der Waals surface area contributed by atoms with Crippen LogP contribution < -0.4 is 0 Å². The molecule has 0 atom stereocenters. The first kappa shape index (κ1) is 21.8. The summed E-state index contributed by atoms with van der Waals surface area (Å²) in [5, 5.41) is 0. The Morgan fingerprint density at radius 1 is 0.846 bits per heavy atom. The van der Waals surface area contributed by atoms with E-state index in [9.17, 15) is 8.42 Å². The highest BCUT2D eigenvalue weighted by atomic mass is 32.2. The molecule has 0 radical (unpaired) electrons. The minimum absolute atomic E-state index is 0.271. The van der Waals surface area contributed by atoms with Crippen LogP contribution in [0.5, 0.6) is 0 Å². The van der Waals surface area contributed by atoms with Crippen molar-refractivity contribution in [1.29, 1.82) is 0 Å². The SMILES string of the molecule is CCCCCCN(CCCCCC)S(=O)(=O)c1nc2c(C)sc(C)c2s1. The number of fused-ring (bicyclic) bond motifs is 1. The van der Waals surface area contributed by atoms with E-state index in [1.807, 2.05) is 13.8 Å². The summed E-state index contributed by atoms with van der Waals surface area (Å²) in [7, 11) is -3.50. The lowest BCUT2D eigenvalue weighted by molar-refractivity contribution is 0.385. The zero-order valence-electron chi connectivity index (χ0n) is 16.5. The Balaban J connectivity index is 2.19. The maximum Gasteiger partial charge on any atom is 0.270 e. The molecule has 0 N–H and O–H groups in total. The maximum atomic E-state index is 13.2. The van der Waals surface area contributed by atoms with E-state index in [1.165, 1.54) is 11.3 Å². The summed E-state index contributed by atoms with van der Waals surface area (Å²) in [6.07, 6.45) is 8.67. The normalized spacial score (nSPS) is 12.5. The average Bonchev–Trinajstić information content (AvgIpc) is 3.16. The van der Waals surface area contributed by atoms with Gasteiger partial charge in [0.05, 0.1) is 10.2 Å². The van der Waals surface area contributed by atoms with E-state index in [0.29, 0.717) is 13.1 Å². The first-order valence-corrected chi connectivity index (χ1v) is 12.9. The standard InChI is InChI=1S/C19H32N2O2S3/c1-5-7-9-11-13-21(14-12-10-8-6-2)26(22,23)19-20-17-15(3)24-16(4)18(17)25-19/h5-14H2,1-4H3. The smallest absolute Gasteiger partial charge is 0.223 e. The number of unbranched alkanes of at least 4 members (excludes halogenated alkanes) is 6. The summed E-state index contributed by atoms with van der Waals surface area (Å²) in [4.78, 5) is 6.78. The highest BCUT2D eigenvalue weighted by molar-refractivity contribution is 7.91. The van der Waals surface area contributed by atoms with Crippen molar-refractivity contribution in [3.63, 3.8) is 0 Å². The minimum atomic E-state index is -3.50. The van der Waals surface area contributed by atoms with Crippen LogP contribution in [0, 0.1) is 13.8 Å². The van der Waals surface area contributed by atoms with Crippen LogP contribution in [0.25, 0.3) is 10.2 Å². The Morgan fingerprint density at radius 3 is 1.92 bits per heavy atom. The molecule has 2 rings (SSSR count). The quantitative estimate of drug-likeness (QED) is 0.391. The molecule has 0 spiro atoms. The van der Waals surface area contributed by atoms with Crippen LogP contribution in [0.15, 0.2) is 4.34 Å². The van der Waals surface area contributed by atoms with Crippen molar-refractivity contribution in [3.05, 3.63) is 9.75 Å².